The number of hydrogen-bond donors (Lipinski definition) is 1. The summed E-state index contributed by atoms with van der Waals surface area (Å²) in [6, 6.07) is 0. The highest BCUT2D eigenvalue weighted by molar-refractivity contribution is 6.29. The Labute approximate surface area is 48.6 Å². The maximum atomic E-state index is 8.36. The van der Waals surface area contributed by atoms with Crippen molar-refractivity contribution in [1.29, 1.82) is 0 Å². The molecule has 0 rings (SSSR count). The van der Waals surface area contributed by atoms with E-state index >= 15 is 0 Å². The van der Waals surface area contributed by atoms with E-state index in [0.717, 1.165) is 0 Å². The summed E-state index contributed by atoms with van der Waals surface area (Å²) in [5.41, 5.74) is 0. The standard InChI is InChI=1S/C5H9ClO/c1-4(3-7)5(2)6/h4,7H,2-3H2,1H3. The maximum Gasteiger partial charge on any atom is 0.0505 e. The molecule has 0 aliphatic carbocycles. The fraction of sp³-hybridized carbons (Fsp3) is 0.600. The van der Waals surface area contributed by atoms with Crippen molar-refractivity contribution < 1.29 is 5.11 Å². The van der Waals surface area contributed by atoms with Gasteiger partial charge < -0.3 is 5.11 Å². The fourth-order valence-corrected chi connectivity index (χ4v) is 0.168. The van der Waals surface area contributed by atoms with Crippen LogP contribution in [0, 0.1) is 5.92 Å². The smallest absolute Gasteiger partial charge is 0.0505 e. The van der Waals surface area contributed by atoms with Gasteiger partial charge in [-0.2, -0.15) is 0 Å². The second-order valence-electron chi connectivity index (χ2n) is 1.53. The van der Waals surface area contributed by atoms with Crippen LogP contribution in [-0.2, 0) is 0 Å². The zero-order chi connectivity index (χ0) is 5.86. The van der Waals surface area contributed by atoms with E-state index in [2.05, 4.69) is 6.58 Å². The van der Waals surface area contributed by atoms with Gasteiger partial charge in [0.25, 0.3) is 0 Å². The zero-order valence-corrected chi connectivity index (χ0v) is 5.07. The monoisotopic (exact) mass is 120 g/mol. The van der Waals surface area contributed by atoms with Crippen molar-refractivity contribution in [3.63, 3.8) is 0 Å². The van der Waals surface area contributed by atoms with Crippen LogP contribution in [0.15, 0.2) is 11.6 Å². The highest BCUT2D eigenvalue weighted by Crippen LogP contribution is 2.09. The van der Waals surface area contributed by atoms with E-state index in [4.69, 9.17) is 16.7 Å². The van der Waals surface area contributed by atoms with Gasteiger partial charge in [-0.3, -0.25) is 0 Å². The third kappa shape index (κ3) is 2.66. The third-order valence-electron chi connectivity index (χ3n) is 0.809. The Morgan fingerprint density at radius 1 is 2.00 bits per heavy atom. The molecule has 0 saturated carbocycles. The largest absolute Gasteiger partial charge is 0.396 e. The van der Waals surface area contributed by atoms with Crippen molar-refractivity contribution in [3.8, 4) is 0 Å². The Morgan fingerprint density at radius 2 is 2.43 bits per heavy atom. The van der Waals surface area contributed by atoms with E-state index in [1.165, 1.54) is 0 Å². The summed E-state index contributed by atoms with van der Waals surface area (Å²) in [7, 11) is 0. The summed E-state index contributed by atoms with van der Waals surface area (Å²) in [6.07, 6.45) is 0. The first-order valence-electron chi connectivity index (χ1n) is 2.13. The molecule has 0 radical (unpaired) electrons. The summed E-state index contributed by atoms with van der Waals surface area (Å²) in [5.74, 6) is 0.0293. The summed E-state index contributed by atoms with van der Waals surface area (Å²) in [5, 5.41) is 8.88. The van der Waals surface area contributed by atoms with Gasteiger partial charge >= 0.3 is 0 Å². The first kappa shape index (κ1) is 6.99. The van der Waals surface area contributed by atoms with Crippen molar-refractivity contribution in [2.24, 2.45) is 5.92 Å². The molecule has 0 fully saturated rings. The Balaban J connectivity index is 3.34. The minimum atomic E-state index is 0.0293. The molecule has 0 aromatic rings. The van der Waals surface area contributed by atoms with Crippen LogP contribution in [0.2, 0.25) is 0 Å². The molecule has 42 valence electrons. The minimum absolute atomic E-state index is 0.0293. The van der Waals surface area contributed by atoms with Crippen molar-refractivity contribution >= 4 is 11.6 Å². The normalized spacial score (nSPS) is 13.6. The molecular formula is C5H9ClO. The Kier molecular flexibility index (Phi) is 3.05. The van der Waals surface area contributed by atoms with Crippen molar-refractivity contribution in [2.75, 3.05) is 6.61 Å². The van der Waals surface area contributed by atoms with Crippen molar-refractivity contribution in [3.05, 3.63) is 11.6 Å². The van der Waals surface area contributed by atoms with Gasteiger partial charge in [-0.15, -0.1) is 0 Å². The molecular weight excluding hydrogens is 112 g/mol. The molecule has 2 heteroatoms. The van der Waals surface area contributed by atoms with Gasteiger partial charge in [0, 0.05) is 11.0 Å². The summed E-state index contributed by atoms with van der Waals surface area (Å²) >= 11 is 5.37. The number of halogens is 1. The van der Waals surface area contributed by atoms with E-state index in [0.29, 0.717) is 5.03 Å². The van der Waals surface area contributed by atoms with E-state index in [1.807, 2.05) is 6.92 Å². The van der Waals surface area contributed by atoms with Crippen LogP contribution < -0.4 is 0 Å². The second-order valence-corrected chi connectivity index (χ2v) is 2.02. The van der Waals surface area contributed by atoms with Crippen molar-refractivity contribution in [1.82, 2.24) is 0 Å². The van der Waals surface area contributed by atoms with Crippen LogP contribution in [0.25, 0.3) is 0 Å². The van der Waals surface area contributed by atoms with Gasteiger partial charge in [-0.1, -0.05) is 25.1 Å². The Morgan fingerprint density at radius 3 is 2.43 bits per heavy atom. The van der Waals surface area contributed by atoms with Crippen LogP contribution in [-0.4, -0.2) is 11.7 Å². The van der Waals surface area contributed by atoms with Crippen LogP contribution in [0.5, 0.6) is 0 Å². The molecule has 7 heavy (non-hydrogen) atoms. The topological polar surface area (TPSA) is 20.2 Å². The lowest BCUT2D eigenvalue weighted by atomic mass is 10.2. The highest BCUT2D eigenvalue weighted by Gasteiger charge is 1.98. The molecule has 1 atom stereocenters. The molecule has 1 N–H and O–H groups in total. The number of aliphatic hydroxyl groups is 1. The summed E-state index contributed by atoms with van der Waals surface area (Å²) in [4.78, 5) is 0. The number of rotatable bonds is 2. The van der Waals surface area contributed by atoms with Crippen LogP contribution in [0.4, 0.5) is 0 Å². The van der Waals surface area contributed by atoms with Gasteiger partial charge in [0.05, 0.1) is 6.61 Å². The molecule has 0 spiro atoms. The Bertz CT molecular complexity index is 70.5. The maximum absolute atomic E-state index is 8.36. The molecule has 0 amide bonds. The predicted molar refractivity (Wildman–Crippen MR) is 31.2 cm³/mol. The SMILES string of the molecule is C=C(Cl)C(C)CO. The lowest BCUT2D eigenvalue weighted by molar-refractivity contribution is 0.260. The average Bonchev–Trinajstić information content (AvgIpc) is 1.65. The molecule has 0 heterocycles. The summed E-state index contributed by atoms with van der Waals surface area (Å²) in [6.45, 7) is 5.33. The van der Waals surface area contributed by atoms with Crippen molar-refractivity contribution in [2.45, 2.75) is 6.92 Å². The first-order valence-corrected chi connectivity index (χ1v) is 2.51. The van der Waals surface area contributed by atoms with E-state index in [-0.39, 0.29) is 12.5 Å². The third-order valence-corrected chi connectivity index (χ3v) is 1.18. The zero-order valence-electron chi connectivity index (χ0n) is 4.32. The number of aliphatic hydroxyl groups excluding tert-OH is 1. The highest BCUT2D eigenvalue weighted by atomic mass is 35.5. The van der Waals surface area contributed by atoms with Gasteiger partial charge in [0.15, 0.2) is 0 Å². The fourth-order valence-electron chi connectivity index (χ4n) is 0.0991. The molecule has 0 aromatic carbocycles. The van der Waals surface area contributed by atoms with E-state index < -0.39 is 0 Å². The van der Waals surface area contributed by atoms with Crippen LogP contribution in [0.3, 0.4) is 0 Å². The van der Waals surface area contributed by atoms with Gasteiger partial charge in [-0.25, -0.2) is 0 Å². The predicted octanol–water partition coefficient (Wildman–Crippen LogP) is 1.37. The average molecular weight is 121 g/mol. The van der Waals surface area contributed by atoms with Gasteiger partial charge in [-0.05, 0) is 0 Å². The Hall–Kier alpha value is -0.0100. The lowest BCUT2D eigenvalue weighted by Crippen LogP contribution is -1.98. The molecule has 0 aliphatic heterocycles. The molecule has 1 nitrogen and oxygen atoms in total. The lowest BCUT2D eigenvalue weighted by Gasteiger charge is -2.00. The molecule has 0 bridgehead atoms. The molecule has 1 unspecified atom stereocenters. The van der Waals surface area contributed by atoms with Crippen LogP contribution in [0.1, 0.15) is 6.92 Å². The number of hydrogen-bond acceptors (Lipinski definition) is 1. The van der Waals surface area contributed by atoms with E-state index in [9.17, 15) is 0 Å². The van der Waals surface area contributed by atoms with Gasteiger partial charge in [0.1, 0.15) is 0 Å². The first-order chi connectivity index (χ1) is 3.18. The van der Waals surface area contributed by atoms with E-state index in [1.54, 1.807) is 0 Å². The summed E-state index contributed by atoms with van der Waals surface area (Å²) < 4.78 is 0. The molecule has 0 saturated heterocycles. The quantitative estimate of drug-likeness (QED) is 0.584. The van der Waals surface area contributed by atoms with Gasteiger partial charge in [0.2, 0.25) is 0 Å². The second kappa shape index (κ2) is 3.05. The molecule has 0 aromatic heterocycles. The minimum Gasteiger partial charge on any atom is -0.396 e. The molecule has 0 aliphatic rings. The van der Waals surface area contributed by atoms with Crippen LogP contribution >= 0.6 is 11.6 Å².